The summed E-state index contributed by atoms with van der Waals surface area (Å²) in [5.74, 6) is 1.44. The summed E-state index contributed by atoms with van der Waals surface area (Å²) in [7, 11) is 3.17. The summed E-state index contributed by atoms with van der Waals surface area (Å²) in [6.45, 7) is 3.58. The first kappa shape index (κ1) is 21.1. The largest absolute Gasteiger partial charge is 0.493 e. The van der Waals surface area contributed by atoms with Gasteiger partial charge in [-0.05, 0) is 43.2 Å². The molecule has 1 unspecified atom stereocenters. The van der Waals surface area contributed by atoms with Crippen molar-refractivity contribution in [3.8, 4) is 17.2 Å². The lowest BCUT2D eigenvalue weighted by atomic mass is 10.1. The van der Waals surface area contributed by atoms with E-state index in [1.165, 1.54) is 6.92 Å². The van der Waals surface area contributed by atoms with E-state index in [0.717, 1.165) is 5.56 Å². The number of carbonyl (C=O) groups excluding carboxylic acids is 2. The number of amides is 2. The van der Waals surface area contributed by atoms with Crippen LogP contribution >= 0.6 is 0 Å². The van der Waals surface area contributed by atoms with Gasteiger partial charge in [-0.2, -0.15) is 0 Å². The molecule has 7 heteroatoms. The van der Waals surface area contributed by atoms with Gasteiger partial charge in [-0.25, -0.2) is 0 Å². The minimum absolute atomic E-state index is 0.168. The van der Waals surface area contributed by atoms with Gasteiger partial charge in [0.1, 0.15) is 5.75 Å². The normalized spacial score (nSPS) is 11.3. The molecule has 2 aromatic carbocycles. The van der Waals surface area contributed by atoms with Crippen LogP contribution in [-0.2, 0) is 16.0 Å². The molecule has 150 valence electrons. The Morgan fingerprint density at radius 2 is 1.79 bits per heavy atom. The summed E-state index contributed by atoms with van der Waals surface area (Å²) in [6, 6.07) is 12.6. The van der Waals surface area contributed by atoms with Crippen molar-refractivity contribution in [2.24, 2.45) is 0 Å². The SMILES string of the molecule is COc1ccc(CCNC(=O)C(C)Oc2cccc(NC(C)=O)c2)cc1OC. The molecule has 0 saturated heterocycles. The van der Waals surface area contributed by atoms with Gasteiger partial charge in [0.2, 0.25) is 5.91 Å². The molecule has 0 fully saturated rings. The lowest BCUT2D eigenvalue weighted by Gasteiger charge is -2.16. The van der Waals surface area contributed by atoms with Gasteiger partial charge >= 0.3 is 0 Å². The highest BCUT2D eigenvalue weighted by Gasteiger charge is 2.14. The first-order valence-corrected chi connectivity index (χ1v) is 8.96. The summed E-state index contributed by atoms with van der Waals surface area (Å²) >= 11 is 0. The van der Waals surface area contributed by atoms with Gasteiger partial charge in [0.25, 0.3) is 5.91 Å². The van der Waals surface area contributed by atoms with Crippen LogP contribution in [0.15, 0.2) is 42.5 Å². The lowest BCUT2D eigenvalue weighted by Crippen LogP contribution is -2.37. The monoisotopic (exact) mass is 386 g/mol. The van der Waals surface area contributed by atoms with Crippen LogP contribution in [-0.4, -0.2) is 38.7 Å². The summed E-state index contributed by atoms with van der Waals surface area (Å²) in [5, 5.41) is 5.54. The Morgan fingerprint density at radius 3 is 2.46 bits per heavy atom. The molecule has 2 rings (SSSR count). The van der Waals surface area contributed by atoms with Gasteiger partial charge in [-0.15, -0.1) is 0 Å². The van der Waals surface area contributed by atoms with E-state index in [1.807, 2.05) is 18.2 Å². The maximum absolute atomic E-state index is 12.3. The Hall–Kier alpha value is -3.22. The average molecular weight is 386 g/mol. The van der Waals surface area contributed by atoms with Crippen molar-refractivity contribution in [1.82, 2.24) is 5.32 Å². The van der Waals surface area contributed by atoms with Crippen molar-refractivity contribution in [3.63, 3.8) is 0 Å². The zero-order chi connectivity index (χ0) is 20.5. The van der Waals surface area contributed by atoms with Crippen molar-refractivity contribution in [3.05, 3.63) is 48.0 Å². The van der Waals surface area contributed by atoms with Gasteiger partial charge in [0.15, 0.2) is 17.6 Å². The zero-order valence-corrected chi connectivity index (χ0v) is 16.6. The zero-order valence-electron chi connectivity index (χ0n) is 16.6. The second kappa shape index (κ2) is 10.2. The number of benzene rings is 2. The van der Waals surface area contributed by atoms with Gasteiger partial charge in [0, 0.05) is 25.2 Å². The van der Waals surface area contributed by atoms with Gasteiger partial charge in [0.05, 0.1) is 14.2 Å². The molecule has 28 heavy (non-hydrogen) atoms. The van der Waals surface area contributed by atoms with Crippen LogP contribution in [0, 0.1) is 0 Å². The standard InChI is InChI=1S/C21H26N2O5/c1-14(28-18-7-5-6-17(13-18)23-15(2)24)21(25)22-11-10-16-8-9-19(26-3)20(12-16)27-4/h5-9,12-14H,10-11H2,1-4H3,(H,22,25)(H,23,24). The van der Waals surface area contributed by atoms with E-state index in [0.29, 0.717) is 35.9 Å². The smallest absolute Gasteiger partial charge is 0.260 e. The van der Waals surface area contributed by atoms with Crippen molar-refractivity contribution in [2.75, 3.05) is 26.1 Å². The number of anilines is 1. The molecule has 0 radical (unpaired) electrons. The van der Waals surface area contributed by atoms with Gasteiger partial charge in [-0.3, -0.25) is 9.59 Å². The number of hydrogen-bond acceptors (Lipinski definition) is 5. The molecule has 2 N–H and O–H groups in total. The molecule has 0 aliphatic carbocycles. The predicted molar refractivity (Wildman–Crippen MR) is 107 cm³/mol. The number of nitrogens with one attached hydrogen (secondary N) is 2. The van der Waals surface area contributed by atoms with E-state index in [1.54, 1.807) is 45.4 Å². The molecule has 2 amide bonds. The minimum Gasteiger partial charge on any atom is -0.493 e. The van der Waals surface area contributed by atoms with Crippen LogP contribution in [0.3, 0.4) is 0 Å². The van der Waals surface area contributed by atoms with E-state index in [2.05, 4.69) is 10.6 Å². The third kappa shape index (κ3) is 6.19. The minimum atomic E-state index is -0.669. The Kier molecular flexibility index (Phi) is 7.68. The first-order chi connectivity index (χ1) is 13.4. The van der Waals surface area contributed by atoms with E-state index < -0.39 is 6.10 Å². The number of rotatable bonds is 9. The van der Waals surface area contributed by atoms with Crippen LogP contribution < -0.4 is 24.8 Å². The van der Waals surface area contributed by atoms with Crippen LogP contribution in [0.25, 0.3) is 0 Å². The highest BCUT2D eigenvalue weighted by molar-refractivity contribution is 5.88. The predicted octanol–water partition coefficient (Wildman–Crippen LogP) is 2.79. The molecule has 0 aliphatic heterocycles. The van der Waals surface area contributed by atoms with Crippen molar-refractivity contribution >= 4 is 17.5 Å². The molecular weight excluding hydrogens is 360 g/mol. The fourth-order valence-electron chi connectivity index (χ4n) is 2.62. The van der Waals surface area contributed by atoms with Gasteiger partial charge in [-0.1, -0.05) is 12.1 Å². The Labute approximate surface area is 165 Å². The Morgan fingerprint density at radius 1 is 1.04 bits per heavy atom. The molecule has 7 nitrogen and oxygen atoms in total. The number of ether oxygens (including phenoxy) is 3. The summed E-state index contributed by atoms with van der Waals surface area (Å²) in [4.78, 5) is 23.4. The van der Waals surface area contributed by atoms with E-state index in [-0.39, 0.29) is 11.8 Å². The molecule has 2 aromatic rings. The average Bonchev–Trinajstić information content (AvgIpc) is 2.67. The van der Waals surface area contributed by atoms with E-state index >= 15 is 0 Å². The summed E-state index contributed by atoms with van der Waals surface area (Å²) < 4.78 is 16.2. The highest BCUT2D eigenvalue weighted by atomic mass is 16.5. The van der Waals surface area contributed by atoms with Crippen molar-refractivity contribution in [2.45, 2.75) is 26.4 Å². The highest BCUT2D eigenvalue weighted by Crippen LogP contribution is 2.27. The molecule has 0 aromatic heterocycles. The number of hydrogen-bond donors (Lipinski definition) is 2. The molecule has 0 spiro atoms. The number of methoxy groups -OCH3 is 2. The fraction of sp³-hybridized carbons (Fsp3) is 0.333. The van der Waals surface area contributed by atoms with E-state index in [4.69, 9.17) is 14.2 Å². The first-order valence-electron chi connectivity index (χ1n) is 8.96. The maximum atomic E-state index is 12.3. The third-order valence-corrected chi connectivity index (χ3v) is 4.00. The van der Waals surface area contributed by atoms with Crippen LogP contribution in [0.2, 0.25) is 0 Å². The van der Waals surface area contributed by atoms with Crippen LogP contribution in [0.5, 0.6) is 17.2 Å². The molecule has 0 bridgehead atoms. The van der Waals surface area contributed by atoms with Crippen molar-refractivity contribution < 1.29 is 23.8 Å². The topological polar surface area (TPSA) is 85.9 Å². The number of carbonyl (C=O) groups is 2. The van der Waals surface area contributed by atoms with Gasteiger partial charge < -0.3 is 24.8 Å². The van der Waals surface area contributed by atoms with Crippen molar-refractivity contribution in [1.29, 1.82) is 0 Å². The Bertz CT molecular complexity index is 822. The second-order valence-electron chi connectivity index (χ2n) is 6.20. The fourth-order valence-corrected chi connectivity index (χ4v) is 2.62. The second-order valence-corrected chi connectivity index (χ2v) is 6.20. The summed E-state index contributed by atoms with van der Waals surface area (Å²) in [6.07, 6.45) is -0.0189. The Balaban J connectivity index is 1.85. The molecular formula is C21H26N2O5. The van der Waals surface area contributed by atoms with Crippen LogP contribution in [0.1, 0.15) is 19.4 Å². The molecule has 1 atom stereocenters. The molecule has 0 heterocycles. The van der Waals surface area contributed by atoms with Crippen LogP contribution in [0.4, 0.5) is 5.69 Å². The maximum Gasteiger partial charge on any atom is 0.260 e. The third-order valence-electron chi connectivity index (χ3n) is 4.00. The quantitative estimate of drug-likeness (QED) is 0.692. The molecule has 0 aliphatic rings. The lowest BCUT2D eigenvalue weighted by molar-refractivity contribution is -0.127. The molecule has 0 saturated carbocycles. The summed E-state index contributed by atoms with van der Waals surface area (Å²) in [5.41, 5.74) is 1.64. The van der Waals surface area contributed by atoms with E-state index in [9.17, 15) is 9.59 Å².